The summed E-state index contributed by atoms with van der Waals surface area (Å²) >= 11 is 0.979. The molecule has 1 fully saturated rings. The Morgan fingerprint density at radius 2 is 1.68 bits per heavy atom. The largest absolute Gasteiger partial charge is 0.465 e. The van der Waals surface area contributed by atoms with Crippen molar-refractivity contribution in [2.45, 2.75) is 25.2 Å². The first-order valence-corrected chi connectivity index (χ1v) is 9.97. The van der Waals surface area contributed by atoms with E-state index in [-0.39, 0.29) is 11.1 Å². The van der Waals surface area contributed by atoms with Crippen molar-refractivity contribution in [1.82, 2.24) is 0 Å². The second kappa shape index (κ2) is 7.37. The molecule has 144 valence electrons. The highest BCUT2D eigenvalue weighted by atomic mass is 32.1. The van der Waals surface area contributed by atoms with Gasteiger partial charge in [-0.15, -0.1) is 11.3 Å². The number of benzene rings is 2. The van der Waals surface area contributed by atoms with Gasteiger partial charge in [0.15, 0.2) is 5.13 Å². The smallest absolute Gasteiger partial charge is 0.316 e. The fourth-order valence-corrected chi connectivity index (χ4v) is 4.30. The molecule has 2 aromatic carbocycles. The lowest BCUT2D eigenvalue weighted by molar-refractivity contribution is -0.146. The molecule has 4 rings (SSSR count). The van der Waals surface area contributed by atoms with Gasteiger partial charge in [-0.25, -0.2) is 0 Å². The quantitative estimate of drug-likeness (QED) is 0.419. The van der Waals surface area contributed by atoms with Gasteiger partial charge in [-0.1, -0.05) is 48.5 Å². The Balaban J connectivity index is 1.56. The maximum Gasteiger partial charge on any atom is 0.316 e. The molecular formula is C22H20FNO3S. The van der Waals surface area contributed by atoms with Crippen LogP contribution in [-0.2, 0) is 14.9 Å². The Labute approximate surface area is 166 Å². The van der Waals surface area contributed by atoms with Crippen LogP contribution in [0.1, 0.15) is 25.3 Å². The summed E-state index contributed by atoms with van der Waals surface area (Å²) in [7, 11) is 0. The molecule has 0 atom stereocenters. The zero-order valence-corrected chi connectivity index (χ0v) is 16.2. The van der Waals surface area contributed by atoms with Crippen LogP contribution in [0.4, 0.5) is 10.1 Å². The zero-order valence-electron chi connectivity index (χ0n) is 15.4. The Morgan fingerprint density at radius 1 is 1.11 bits per heavy atom. The van der Waals surface area contributed by atoms with Crippen molar-refractivity contribution in [3.05, 3.63) is 65.3 Å². The van der Waals surface area contributed by atoms with Crippen molar-refractivity contribution in [3.63, 3.8) is 0 Å². The standard InChI is InChI=1S/C22H20FNO3S/c1-2-27-21(25)22(11-12-22)17-9-7-15(8-10-17)14-3-5-16(6-4-14)20-18(24-26)13-19(23)28-20/h3-10,13,24,26H,2,11-12H2,1H3. The number of halogens is 1. The number of rotatable bonds is 6. The van der Waals surface area contributed by atoms with Gasteiger partial charge in [-0.2, -0.15) is 4.39 Å². The van der Waals surface area contributed by atoms with E-state index < -0.39 is 5.41 Å². The lowest BCUT2D eigenvalue weighted by Crippen LogP contribution is -2.23. The summed E-state index contributed by atoms with van der Waals surface area (Å²) in [5.41, 5.74) is 5.81. The van der Waals surface area contributed by atoms with Crippen LogP contribution in [0, 0.1) is 5.13 Å². The summed E-state index contributed by atoms with van der Waals surface area (Å²) in [6.45, 7) is 2.22. The molecule has 0 radical (unpaired) electrons. The van der Waals surface area contributed by atoms with Crippen molar-refractivity contribution in [2.24, 2.45) is 0 Å². The molecule has 0 saturated heterocycles. The van der Waals surface area contributed by atoms with E-state index in [1.54, 1.807) is 0 Å². The summed E-state index contributed by atoms with van der Waals surface area (Å²) in [6.07, 6.45) is 1.66. The number of hydrogen-bond acceptors (Lipinski definition) is 5. The average molecular weight is 397 g/mol. The highest BCUT2D eigenvalue weighted by Crippen LogP contribution is 2.49. The number of thiophene rings is 1. The number of carbonyl (C=O) groups is 1. The summed E-state index contributed by atoms with van der Waals surface area (Å²) in [6, 6.07) is 17.0. The normalized spacial score (nSPS) is 14.5. The van der Waals surface area contributed by atoms with Crippen molar-refractivity contribution >= 4 is 23.0 Å². The molecule has 1 aliphatic rings. The van der Waals surface area contributed by atoms with Crippen LogP contribution in [0.25, 0.3) is 21.6 Å². The molecule has 1 aromatic heterocycles. The van der Waals surface area contributed by atoms with Gasteiger partial charge in [0.2, 0.25) is 0 Å². The molecule has 1 aliphatic carbocycles. The second-order valence-corrected chi connectivity index (χ2v) is 7.86. The minimum absolute atomic E-state index is 0.136. The highest BCUT2D eigenvalue weighted by molar-refractivity contribution is 7.14. The van der Waals surface area contributed by atoms with E-state index in [4.69, 9.17) is 9.94 Å². The van der Waals surface area contributed by atoms with E-state index in [1.807, 2.05) is 60.9 Å². The second-order valence-electron chi connectivity index (χ2n) is 6.86. The lowest BCUT2D eigenvalue weighted by Gasteiger charge is -2.14. The Bertz CT molecular complexity index is 992. The molecule has 0 bridgehead atoms. The topological polar surface area (TPSA) is 58.6 Å². The van der Waals surface area contributed by atoms with Gasteiger partial charge in [0.1, 0.15) is 0 Å². The van der Waals surface area contributed by atoms with Crippen molar-refractivity contribution in [3.8, 4) is 21.6 Å². The predicted molar refractivity (Wildman–Crippen MR) is 108 cm³/mol. The molecule has 0 unspecified atom stereocenters. The van der Waals surface area contributed by atoms with Crippen LogP contribution < -0.4 is 5.48 Å². The van der Waals surface area contributed by atoms with Crippen LogP contribution in [0.15, 0.2) is 54.6 Å². The van der Waals surface area contributed by atoms with E-state index in [0.29, 0.717) is 17.2 Å². The van der Waals surface area contributed by atoms with Gasteiger partial charge in [-0.3, -0.25) is 15.5 Å². The molecule has 3 aromatic rings. The van der Waals surface area contributed by atoms with Crippen LogP contribution in [-0.4, -0.2) is 17.8 Å². The van der Waals surface area contributed by atoms with Gasteiger partial charge in [0.05, 0.1) is 22.6 Å². The summed E-state index contributed by atoms with van der Waals surface area (Å²) < 4.78 is 18.7. The van der Waals surface area contributed by atoms with Crippen molar-refractivity contribution < 1.29 is 19.1 Å². The molecule has 0 amide bonds. The van der Waals surface area contributed by atoms with Gasteiger partial charge in [0.25, 0.3) is 0 Å². The molecule has 2 N–H and O–H groups in total. The zero-order chi connectivity index (χ0) is 19.7. The number of hydrogen-bond donors (Lipinski definition) is 2. The Kier molecular flexibility index (Phi) is 4.91. The molecule has 28 heavy (non-hydrogen) atoms. The first-order chi connectivity index (χ1) is 13.6. The maximum atomic E-state index is 13.5. The van der Waals surface area contributed by atoms with Gasteiger partial charge < -0.3 is 4.74 Å². The third-order valence-electron chi connectivity index (χ3n) is 5.16. The first kappa shape index (κ1) is 18.7. The van der Waals surface area contributed by atoms with Crippen LogP contribution in [0.5, 0.6) is 0 Å². The number of carbonyl (C=O) groups excluding carboxylic acids is 1. The van der Waals surface area contributed by atoms with Gasteiger partial charge in [-0.05, 0) is 42.0 Å². The minimum atomic E-state index is -0.463. The number of esters is 1. The Hall–Kier alpha value is -2.70. The number of ether oxygens (including phenoxy) is 1. The van der Waals surface area contributed by atoms with E-state index in [0.717, 1.165) is 46.4 Å². The molecule has 6 heteroatoms. The average Bonchev–Trinajstić information content (AvgIpc) is 3.45. The van der Waals surface area contributed by atoms with Crippen molar-refractivity contribution in [1.29, 1.82) is 0 Å². The molecule has 1 heterocycles. The van der Waals surface area contributed by atoms with Gasteiger partial charge >= 0.3 is 5.97 Å². The van der Waals surface area contributed by atoms with E-state index in [1.165, 1.54) is 6.07 Å². The third-order valence-corrected chi connectivity index (χ3v) is 6.13. The monoisotopic (exact) mass is 397 g/mol. The number of nitrogens with one attached hydrogen (secondary N) is 1. The fourth-order valence-electron chi connectivity index (χ4n) is 3.46. The SMILES string of the molecule is CCOC(=O)C1(c2ccc(-c3ccc(-c4sc(F)cc4NO)cc3)cc2)CC1. The number of anilines is 1. The van der Waals surface area contributed by atoms with Gasteiger partial charge in [0, 0.05) is 6.07 Å². The van der Waals surface area contributed by atoms with Crippen LogP contribution in [0.2, 0.25) is 0 Å². The Morgan fingerprint density at radius 3 is 2.21 bits per heavy atom. The molecule has 0 spiro atoms. The molecular weight excluding hydrogens is 377 g/mol. The van der Waals surface area contributed by atoms with E-state index >= 15 is 0 Å². The van der Waals surface area contributed by atoms with Crippen LogP contribution in [0.3, 0.4) is 0 Å². The predicted octanol–water partition coefficient (Wildman–Crippen LogP) is 5.62. The summed E-state index contributed by atoms with van der Waals surface area (Å²) in [4.78, 5) is 12.9. The first-order valence-electron chi connectivity index (χ1n) is 9.15. The molecule has 4 nitrogen and oxygen atoms in total. The molecule has 0 aliphatic heterocycles. The molecule has 1 saturated carbocycles. The third kappa shape index (κ3) is 3.30. The fraction of sp³-hybridized carbons (Fsp3) is 0.227. The van der Waals surface area contributed by atoms with Crippen molar-refractivity contribution in [2.75, 3.05) is 12.1 Å². The van der Waals surface area contributed by atoms with Crippen LogP contribution >= 0.6 is 11.3 Å². The maximum absolute atomic E-state index is 13.5. The van der Waals surface area contributed by atoms with E-state index in [9.17, 15) is 9.18 Å². The summed E-state index contributed by atoms with van der Waals surface area (Å²) in [5.74, 6) is -0.136. The summed E-state index contributed by atoms with van der Waals surface area (Å²) in [5, 5.41) is 8.79. The van der Waals surface area contributed by atoms with E-state index in [2.05, 4.69) is 0 Å². The lowest BCUT2D eigenvalue weighted by atomic mass is 9.93. The minimum Gasteiger partial charge on any atom is -0.465 e. The highest BCUT2D eigenvalue weighted by Gasteiger charge is 2.52.